The van der Waals surface area contributed by atoms with Crippen molar-refractivity contribution in [1.82, 2.24) is 4.98 Å². The Hall–Kier alpha value is -1.35. The number of benzene rings is 1. The van der Waals surface area contributed by atoms with E-state index in [2.05, 4.69) is 41.5 Å². The lowest BCUT2D eigenvalue weighted by Crippen LogP contribution is -2.15. The molecule has 2 atom stereocenters. The van der Waals surface area contributed by atoms with Gasteiger partial charge in [0.1, 0.15) is 5.01 Å². The molecule has 100 valence electrons. The van der Waals surface area contributed by atoms with Gasteiger partial charge in [-0.05, 0) is 37.3 Å². The van der Waals surface area contributed by atoms with E-state index in [1.807, 2.05) is 11.6 Å². The van der Waals surface area contributed by atoms with Crippen molar-refractivity contribution in [3.8, 4) is 10.6 Å². The SMILES string of the molecule is CCC1CCC(Nc2cccc(-c3nccs3)c2)C1. The molecule has 1 saturated carbocycles. The number of rotatable bonds is 4. The van der Waals surface area contributed by atoms with Crippen LogP contribution < -0.4 is 5.32 Å². The van der Waals surface area contributed by atoms with Gasteiger partial charge in [-0.25, -0.2) is 4.98 Å². The summed E-state index contributed by atoms with van der Waals surface area (Å²) in [5, 5.41) is 6.81. The summed E-state index contributed by atoms with van der Waals surface area (Å²) in [7, 11) is 0. The zero-order chi connectivity index (χ0) is 13.1. The van der Waals surface area contributed by atoms with Crippen LogP contribution in [0.5, 0.6) is 0 Å². The summed E-state index contributed by atoms with van der Waals surface area (Å²) in [4.78, 5) is 4.38. The largest absolute Gasteiger partial charge is 0.382 e. The maximum atomic E-state index is 4.38. The van der Waals surface area contributed by atoms with Gasteiger partial charge in [0.25, 0.3) is 0 Å². The maximum absolute atomic E-state index is 4.38. The standard InChI is InChI=1S/C16H20N2S/c1-2-12-6-7-15(10-12)18-14-5-3-4-13(11-14)16-17-8-9-19-16/h3-5,8-9,11-12,15,18H,2,6-7,10H2,1H3. The van der Waals surface area contributed by atoms with Crippen molar-refractivity contribution in [2.45, 2.75) is 38.6 Å². The molecule has 3 heteroatoms. The van der Waals surface area contributed by atoms with Crippen LogP contribution in [-0.4, -0.2) is 11.0 Å². The van der Waals surface area contributed by atoms with Gasteiger partial charge in [0.05, 0.1) is 0 Å². The molecule has 0 amide bonds. The van der Waals surface area contributed by atoms with Gasteiger partial charge >= 0.3 is 0 Å². The Bertz CT molecular complexity index is 521. The second-order valence-electron chi connectivity index (χ2n) is 5.35. The van der Waals surface area contributed by atoms with Crippen LogP contribution in [0, 0.1) is 5.92 Å². The number of anilines is 1. The molecular weight excluding hydrogens is 252 g/mol. The van der Waals surface area contributed by atoms with Gasteiger partial charge in [-0.3, -0.25) is 0 Å². The molecule has 1 aliphatic rings. The van der Waals surface area contributed by atoms with Crippen LogP contribution in [0.1, 0.15) is 32.6 Å². The molecule has 0 bridgehead atoms. The molecule has 0 spiro atoms. The molecule has 2 unspecified atom stereocenters. The van der Waals surface area contributed by atoms with E-state index < -0.39 is 0 Å². The monoisotopic (exact) mass is 272 g/mol. The molecule has 1 N–H and O–H groups in total. The molecule has 1 aliphatic carbocycles. The highest BCUT2D eigenvalue weighted by Crippen LogP contribution is 2.31. The van der Waals surface area contributed by atoms with Crippen molar-refractivity contribution in [3.63, 3.8) is 0 Å². The van der Waals surface area contributed by atoms with E-state index in [-0.39, 0.29) is 0 Å². The molecule has 0 radical (unpaired) electrons. The van der Waals surface area contributed by atoms with Gasteiger partial charge in [0, 0.05) is 28.9 Å². The number of nitrogens with zero attached hydrogens (tertiary/aromatic N) is 1. The van der Waals surface area contributed by atoms with Crippen LogP contribution >= 0.6 is 11.3 Å². The molecule has 1 aromatic heterocycles. The Labute approximate surface area is 118 Å². The minimum absolute atomic E-state index is 0.650. The average Bonchev–Trinajstić information content (AvgIpc) is 3.10. The van der Waals surface area contributed by atoms with E-state index in [1.54, 1.807) is 11.3 Å². The minimum atomic E-state index is 0.650. The van der Waals surface area contributed by atoms with Gasteiger partial charge in [-0.1, -0.05) is 25.5 Å². The van der Waals surface area contributed by atoms with Crippen LogP contribution in [0.2, 0.25) is 0 Å². The summed E-state index contributed by atoms with van der Waals surface area (Å²) in [5.41, 5.74) is 2.44. The van der Waals surface area contributed by atoms with Crippen LogP contribution in [0.25, 0.3) is 10.6 Å². The predicted molar refractivity (Wildman–Crippen MR) is 82.6 cm³/mol. The second kappa shape index (κ2) is 5.74. The van der Waals surface area contributed by atoms with E-state index in [9.17, 15) is 0 Å². The van der Waals surface area contributed by atoms with Crippen molar-refractivity contribution in [2.75, 3.05) is 5.32 Å². The van der Waals surface area contributed by atoms with Crippen molar-refractivity contribution >= 4 is 17.0 Å². The lowest BCUT2D eigenvalue weighted by molar-refractivity contribution is 0.525. The van der Waals surface area contributed by atoms with Crippen molar-refractivity contribution in [3.05, 3.63) is 35.8 Å². The first kappa shape index (κ1) is 12.7. The Morgan fingerprint density at radius 2 is 2.32 bits per heavy atom. The van der Waals surface area contributed by atoms with E-state index in [4.69, 9.17) is 0 Å². The van der Waals surface area contributed by atoms with E-state index >= 15 is 0 Å². The summed E-state index contributed by atoms with van der Waals surface area (Å²) >= 11 is 1.69. The van der Waals surface area contributed by atoms with E-state index in [0.717, 1.165) is 10.9 Å². The highest BCUT2D eigenvalue weighted by Gasteiger charge is 2.22. The Kier molecular flexibility index (Phi) is 3.83. The first-order valence-electron chi connectivity index (χ1n) is 7.11. The fourth-order valence-electron chi connectivity index (χ4n) is 2.92. The van der Waals surface area contributed by atoms with Crippen LogP contribution in [0.4, 0.5) is 5.69 Å². The molecule has 1 heterocycles. The third-order valence-corrected chi connectivity index (χ3v) is 4.85. The van der Waals surface area contributed by atoms with Gasteiger partial charge in [0.2, 0.25) is 0 Å². The molecule has 1 aromatic carbocycles. The van der Waals surface area contributed by atoms with Gasteiger partial charge < -0.3 is 5.32 Å². The Morgan fingerprint density at radius 3 is 3.05 bits per heavy atom. The van der Waals surface area contributed by atoms with Crippen LogP contribution in [0.3, 0.4) is 0 Å². The number of hydrogen-bond acceptors (Lipinski definition) is 3. The molecule has 2 nitrogen and oxygen atoms in total. The second-order valence-corrected chi connectivity index (χ2v) is 6.24. The van der Waals surface area contributed by atoms with E-state index in [1.165, 1.54) is 36.9 Å². The quantitative estimate of drug-likeness (QED) is 0.864. The van der Waals surface area contributed by atoms with Gasteiger partial charge in [-0.2, -0.15) is 0 Å². The predicted octanol–water partition coefficient (Wildman–Crippen LogP) is 4.80. The number of hydrogen-bond donors (Lipinski definition) is 1. The maximum Gasteiger partial charge on any atom is 0.123 e. The lowest BCUT2D eigenvalue weighted by Gasteiger charge is -2.15. The summed E-state index contributed by atoms with van der Waals surface area (Å²) < 4.78 is 0. The van der Waals surface area contributed by atoms with Crippen molar-refractivity contribution in [2.24, 2.45) is 5.92 Å². The summed E-state index contributed by atoms with van der Waals surface area (Å²) in [6.07, 6.45) is 7.18. The van der Waals surface area contributed by atoms with Crippen LogP contribution in [-0.2, 0) is 0 Å². The molecule has 19 heavy (non-hydrogen) atoms. The smallest absolute Gasteiger partial charge is 0.123 e. The normalized spacial score (nSPS) is 22.6. The molecule has 0 aliphatic heterocycles. The fraction of sp³-hybridized carbons (Fsp3) is 0.438. The zero-order valence-corrected chi connectivity index (χ0v) is 12.1. The zero-order valence-electron chi connectivity index (χ0n) is 11.3. The average molecular weight is 272 g/mol. The molecule has 0 saturated heterocycles. The lowest BCUT2D eigenvalue weighted by atomic mass is 10.1. The topological polar surface area (TPSA) is 24.9 Å². The molecule has 3 rings (SSSR count). The minimum Gasteiger partial charge on any atom is -0.382 e. The number of aromatic nitrogens is 1. The summed E-state index contributed by atoms with van der Waals surface area (Å²) in [5.74, 6) is 0.916. The van der Waals surface area contributed by atoms with E-state index in [0.29, 0.717) is 6.04 Å². The van der Waals surface area contributed by atoms with Gasteiger partial charge in [0.15, 0.2) is 0 Å². The number of thiazole rings is 1. The van der Waals surface area contributed by atoms with Crippen molar-refractivity contribution in [1.29, 1.82) is 0 Å². The summed E-state index contributed by atoms with van der Waals surface area (Å²) in [6, 6.07) is 9.28. The fourth-order valence-corrected chi connectivity index (χ4v) is 3.56. The Balaban J connectivity index is 1.70. The molecular formula is C16H20N2S. The molecule has 2 aromatic rings. The highest BCUT2D eigenvalue weighted by molar-refractivity contribution is 7.13. The third kappa shape index (κ3) is 2.98. The third-order valence-electron chi connectivity index (χ3n) is 4.03. The molecule has 1 fully saturated rings. The Morgan fingerprint density at radius 1 is 1.37 bits per heavy atom. The highest BCUT2D eigenvalue weighted by atomic mass is 32.1. The van der Waals surface area contributed by atoms with Gasteiger partial charge in [-0.15, -0.1) is 11.3 Å². The van der Waals surface area contributed by atoms with Crippen LogP contribution in [0.15, 0.2) is 35.8 Å². The summed E-state index contributed by atoms with van der Waals surface area (Å²) in [6.45, 7) is 2.30. The number of nitrogens with one attached hydrogen (secondary N) is 1. The first-order chi connectivity index (χ1) is 9.35. The van der Waals surface area contributed by atoms with Crippen molar-refractivity contribution < 1.29 is 0 Å². The first-order valence-corrected chi connectivity index (χ1v) is 7.99.